The predicted octanol–water partition coefficient (Wildman–Crippen LogP) is 5.26. The Bertz CT molecular complexity index is 1400. The third-order valence-electron chi connectivity index (χ3n) is 6.65. The Labute approximate surface area is 213 Å². The summed E-state index contributed by atoms with van der Waals surface area (Å²) in [6.07, 6.45) is 4.12. The first-order valence-corrected chi connectivity index (χ1v) is 13.0. The number of aromatic nitrogens is 3. The number of hydrogen-bond donors (Lipinski definition) is 4. The zero-order valence-electron chi connectivity index (χ0n) is 20.0. The summed E-state index contributed by atoms with van der Waals surface area (Å²) in [4.78, 5) is 12.9. The van der Waals surface area contributed by atoms with Crippen LogP contribution < -0.4 is 11.1 Å². The summed E-state index contributed by atoms with van der Waals surface area (Å²) in [5.74, 6) is 0.114. The van der Waals surface area contributed by atoms with Gasteiger partial charge in [0.05, 0.1) is 5.56 Å². The van der Waals surface area contributed by atoms with Gasteiger partial charge in [-0.15, -0.1) is 10.2 Å². The minimum absolute atomic E-state index is 0.0820. The molecule has 184 valence electrons. The zero-order chi connectivity index (χ0) is 25.2. The van der Waals surface area contributed by atoms with Crippen molar-refractivity contribution in [1.29, 1.82) is 5.41 Å². The molecule has 2 aromatic carbocycles. The Hall–Kier alpha value is -3.98. The molecule has 0 saturated heterocycles. The van der Waals surface area contributed by atoms with Crippen LogP contribution in [0.2, 0.25) is 0 Å². The number of phenolic OH excluding ortho intramolecular Hbond substituents is 1. The van der Waals surface area contributed by atoms with E-state index in [1.54, 1.807) is 22.0 Å². The van der Waals surface area contributed by atoms with E-state index in [1.165, 1.54) is 6.07 Å². The highest BCUT2D eigenvalue weighted by Crippen LogP contribution is 2.37. The normalized spacial score (nSPS) is 13.7. The van der Waals surface area contributed by atoms with Crippen LogP contribution in [0.3, 0.4) is 0 Å². The van der Waals surface area contributed by atoms with E-state index in [1.807, 2.05) is 36.6 Å². The number of benzene rings is 2. The van der Waals surface area contributed by atoms with Gasteiger partial charge in [-0.25, -0.2) is 0 Å². The third-order valence-corrected chi connectivity index (χ3v) is 7.33. The van der Waals surface area contributed by atoms with Crippen molar-refractivity contribution < 1.29 is 9.90 Å². The number of phenols is 1. The molecular weight excluding hydrogens is 472 g/mol. The Kier molecular flexibility index (Phi) is 6.56. The number of nitrogens with zero attached hydrogens (tertiary/aromatic N) is 3. The van der Waals surface area contributed by atoms with Crippen LogP contribution in [0.25, 0.3) is 28.2 Å². The van der Waals surface area contributed by atoms with Gasteiger partial charge < -0.3 is 21.6 Å². The van der Waals surface area contributed by atoms with E-state index >= 15 is 0 Å². The fourth-order valence-corrected chi connectivity index (χ4v) is 5.44. The number of nitrogen functional groups attached to an aromatic ring is 1. The van der Waals surface area contributed by atoms with Crippen molar-refractivity contribution in [1.82, 2.24) is 20.1 Å². The SMILES string of the molecule is CCNC(=O)c1nnc(-c2cc(C(=N)C3CCCC3)c(N)cc2O)n1-c1ccc(-c2ccsc2)cc1. The van der Waals surface area contributed by atoms with E-state index in [2.05, 4.69) is 27.0 Å². The minimum Gasteiger partial charge on any atom is -0.507 e. The third kappa shape index (κ3) is 4.37. The summed E-state index contributed by atoms with van der Waals surface area (Å²) in [5, 5.41) is 35.0. The van der Waals surface area contributed by atoms with Gasteiger partial charge in [-0.2, -0.15) is 11.3 Å². The van der Waals surface area contributed by atoms with Crippen LogP contribution in [-0.2, 0) is 0 Å². The lowest BCUT2D eigenvalue weighted by molar-refractivity contribution is 0.0943. The fraction of sp³-hybridized carbons (Fsp3) is 0.259. The number of rotatable bonds is 7. The lowest BCUT2D eigenvalue weighted by Crippen LogP contribution is -2.26. The number of nitrogens with one attached hydrogen (secondary N) is 2. The lowest BCUT2D eigenvalue weighted by atomic mass is 9.92. The standard InChI is InChI=1S/C27H28N6O2S/c1-2-30-27(35)26-32-31-25(33(26)19-9-7-16(8-10-19)18-11-12-36-15-18)21-13-20(22(28)14-23(21)34)24(29)17-5-3-4-6-17/h7-15,17,29,34H,2-6,28H2,1H3,(H,30,35). The molecule has 5 rings (SSSR count). The molecule has 0 unspecified atom stereocenters. The van der Waals surface area contributed by atoms with Crippen LogP contribution in [-0.4, -0.2) is 38.0 Å². The summed E-state index contributed by atoms with van der Waals surface area (Å²) in [6, 6.07) is 13.0. The molecule has 9 heteroatoms. The first kappa shape index (κ1) is 23.7. The first-order chi connectivity index (χ1) is 17.5. The molecule has 2 heterocycles. The van der Waals surface area contributed by atoms with Gasteiger partial charge in [-0.05, 0) is 65.9 Å². The number of thiophene rings is 1. The molecular formula is C27H28N6O2S. The van der Waals surface area contributed by atoms with Crippen LogP contribution in [0.5, 0.6) is 5.75 Å². The molecule has 0 aliphatic heterocycles. The van der Waals surface area contributed by atoms with E-state index < -0.39 is 0 Å². The second kappa shape index (κ2) is 9.94. The van der Waals surface area contributed by atoms with Crippen molar-refractivity contribution in [2.45, 2.75) is 32.6 Å². The fourth-order valence-electron chi connectivity index (χ4n) is 4.77. The number of anilines is 1. The largest absolute Gasteiger partial charge is 0.507 e. The zero-order valence-corrected chi connectivity index (χ0v) is 20.8. The van der Waals surface area contributed by atoms with Gasteiger partial charge >= 0.3 is 0 Å². The molecule has 2 aromatic heterocycles. The van der Waals surface area contributed by atoms with Crippen molar-refractivity contribution in [3.05, 3.63) is 64.6 Å². The van der Waals surface area contributed by atoms with Crippen LogP contribution in [0.1, 0.15) is 48.8 Å². The van der Waals surface area contributed by atoms with Gasteiger partial charge in [0, 0.05) is 41.2 Å². The van der Waals surface area contributed by atoms with Crippen molar-refractivity contribution in [2.24, 2.45) is 5.92 Å². The van der Waals surface area contributed by atoms with Gasteiger partial charge in [0.1, 0.15) is 5.75 Å². The average molecular weight is 501 g/mol. The minimum atomic E-state index is -0.369. The van der Waals surface area contributed by atoms with Crippen LogP contribution in [0.15, 0.2) is 53.2 Å². The summed E-state index contributed by atoms with van der Waals surface area (Å²) < 4.78 is 1.64. The van der Waals surface area contributed by atoms with Crippen LogP contribution in [0.4, 0.5) is 5.69 Å². The summed E-state index contributed by atoms with van der Waals surface area (Å²) in [6.45, 7) is 2.27. The monoisotopic (exact) mass is 500 g/mol. The van der Waals surface area contributed by atoms with Crippen molar-refractivity contribution in [2.75, 3.05) is 12.3 Å². The van der Waals surface area contributed by atoms with Gasteiger partial charge in [-0.1, -0.05) is 25.0 Å². The smallest absolute Gasteiger partial charge is 0.289 e. The molecule has 5 N–H and O–H groups in total. The van der Waals surface area contributed by atoms with Crippen molar-refractivity contribution in [3.63, 3.8) is 0 Å². The summed E-state index contributed by atoms with van der Waals surface area (Å²) >= 11 is 1.63. The highest BCUT2D eigenvalue weighted by molar-refractivity contribution is 7.08. The predicted molar refractivity (Wildman–Crippen MR) is 143 cm³/mol. The second-order valence-electron chi connectivity index (χ2n) is 8.95. The molecule has 0 bridgehead atoms. The molecule has 0 atom stereocenters. The van der Waals surface area contributed by atoms with E-state index in [0.29, 0.717) is 40.6 Å². The quantitative estimate of drug-likeness (QED) is 0.203. The molecule has 36 heavy (non-hydrogen) atoms. The number of hydrogen-bond acceptors (Lipinski definition) is 7. The molecule has 1 fully saturated rings. The molecule has 0 radical (unpaired) electrons. The number of aromatic hydroxyl groups is 1. The van der Waals surface area contributed by atoms with Gasteiger partial charge in [0.15, 0.2) is 5.82 Å². The molecule has 1 amide bonds. The molecule has 1 saturated carbocycles. The molecule has 4 aromatic rings. The Morgan fingerprint density at radius 3 is 2.58 bits per heavy atom. The molecule has 1 aliphatic carbocycles. The Morgan fingerprint density at radius 1 is 1.17 bits per heavy atom. The highest BCUT2D eigenvalue weighted by atomic mass is 32.1. The summed E-state index contributed by atoms with van der Waals surface area (Å²) in [7, 11) is 0. The first-order valence-electron chi connectivity index (χ1n) is 12.1. The molecule has 1 aliphatic rings. The second-order valence-corrected chi connectivity index (χ2v) is 9.73. The van der Waals surface area contributed by atoms with Gasteiger partial charge in [0.2, 0.25) is 5.82 Å². The number of amides is 1. The number of carbonyl (C=O) groups excluding carboxylic acids is 1. The van der Waals surface area contributed by atoms with Crippen LogP contribution in [0, 0.1) is 11.3 Å². The van der Waals surface area contributed by atoms with E-state index in [0.717, 1.165) is 36.8 Å². The summed E-state index contributed by atoms with van der Waals surface area (Å²) in [5.41, 5.74) is 10.9. The van der Waals surface area contributed by atoms with Gasteiger partial charge in [-0.3, -0.25) is 9.36 Å². The van der Waals surface area contributed by atoms with Crippen molar-refractivity contribution >= 4 is 28.6 Å². The van der Waals surface area contributed by atoms with Crippen LogP contribution >= 0.6 is 11.3 Å². The van der Waals surface area contributed by atoms with Crippen molar-refractivity contribution in [3.8, 4) is 34.0 Å². The van der Waals surface area contributed by atoms with E-state index in [-0.39, 0.29) is 23.4 Å². The molecule has 8 nitrogen and oxygen atoms in total. The molecule has 0 spiro atoms. The topological polar surface area (TPSA) is 130 Å². The Morgan fingerprint density at radius 2 is 1.92 bits per heavy atom. The maximum atomic E-state index is 12.9. The highest BCUT2D eigenvalue weighted by Gasteiger charge is 2.26. The average Bonchev–Trinajstić information content (AvgIpc) is 3.66. The lowest BCUT2D eigenvalue weighted by Gasteiger charge is -2.17. The number of nitrogens with two attached hydrogens (primary N) is 1. The Balaban J connectivity index is 1.63. The maximum absolute atomic E-state index is 12.9. The maximum Gasteiger partial charge on any atom is 0.289 e. The number of carbonyl (C=O) groups is 1. The van der Waals surface area contributed by atoms with Gasteiger partial charge in [0.25, 0.3) is 5.91 Å². The van der Waals surface area contributed by atoms with E-state index in [4.69, 9.17) is 11.1 Å². The van der Waals surface area contributed by atoms with E-state index in [9.17, 15) is 9.90 Å².